The Balaban J connectivity index is 0.000000239. The lowest BCUT2D eigenvalue weighted by molar-refractivity contribution is -0.204. The molecular weight excluding hydrogens is 415 g/mol. The van der Waals surface area contributed by atoms with Crippen molar-refractivity contribution in [2.45, 2.75) is 66.2 Å². The molecule has 0 saturated heterocycles. The first-order valence-electron chi connectivity index (χ1n) is 12.0. The topological polar surface area (TPSA) is 35.4 Å². The molecule has 5 heteroatoms. The lowest BCUT2D eigenvalue weighted by Crippen LogP contribution is -2.14. The number of fused-ring (bicyclic) bond motifs is 2. The maximum atomic E-state index is 13.3. The van der Waals surface area contributed by atoms with Crippen LogP contribution in [0.5, 0.6) is 5.75 Å². The molecule has 1 unspecified atom stereocenters. The molecule has 1 atom stereocenters. The monoisotopic (exact) mass is 450 g/mol. The zero-order chi connectivity index (χ0) is 23.6. The average Bonchev–Trinajstić information content (AvgIpc) is 3.41. The summed E-state index contributed by atoms with van der Waals surface area (Å²) in [5.41, 5.74) is 4.06. The SMILES string of the molecule is CCCC#CCCC(C)CC.Cc1cn(OOc2ccc3c(c2)CCN3)c2ccc(F)cc12. The molecule has 1 aliphatic rings. The zero-order valence-electron chi connectivity index (χ0n) is 20.2. The van der Waals surface area contributed by atoms with Gasteiger partial charge in [-0.25, -0.2) is 4.39 Å². The largest absolute Gasteiger partial charge is 0.384 e. The number of hydrogen-bond donors (Lipinski definition) is 1. The molecule has 3 aromatic rings. The van der Waals surface area contributed by atoms with Crippen LogP contribution in [0.4, 0.5) is 10.1 Å². The Morgan fingerprint density at radius 3 is 2.73 bits per heavy atom. The minimum absolute atomic E-state index is 0.264. The average molecular weight is 451 g/mol. The van der Waals surface area contributed by atoms with E-state index in [-0.39, 0.29) is 5.82 Å². The zero-order valence-corrected chi connectivity index (χ0v) is 20.2. The van der Waals surface area contributed by atoms with Gasteiger partial charge in [0.2, 0.25) is 0 Å². The van der Waals surface area contributed by atoms with Crippen LogP contribution in [0.15, 0.2) is 42.6 Å². The third-order valence-corrected chi connectivity index (χ3v) is 5.89. The smallest absolute Gasteiger partial charge is 0.181 e. The van der Waals surface area contributed by atoms with Crippen molar-refractivity contribution in [2.24, 2.45) is 5.92 Å². The third kappa shape index (κ3) is 6.92. The van der Waals surface area contributed by atoms with Crippen molar-refractivity contribution in [1.82, 2.24) is 4.73 Å². The number of unbranched alkanes of at least 4 members (excludes halogenated alkanes) is 1. The first kappa shape index (κ1) is 24.5. The van der Waals surface area contributed by atoms with Crippen LogP contribution in [0.2, 0.25) is 0 Å². The Morgan fingerprint density at radius 2 is 1.94 bits per heavy atom. The molecular formula is C28H35FN2O2. The Bertz CT molecular complexity index is 1110. The van der Waals surface area contributed by atoms with Crippen LogP contribution >= 0.6 is 0 Å². The molecule has 2 aromatic carbocycles. The summed E-state index contributed by atoms with van der Waals surface area (Å²) in [7, 11) is 0. The Labute approximate surface area is 197 Å². The van der Waals surface area contributed by atoms with E-state index in [1.807, 2.05) is 25.1 Å². The predicted octanol–water partition coefficient (Wildman–Crippen LogP) is 7.10. The summed E-state index contributed by atoms with van der Waals surface area (Å²) in [6.07, 6.45) is 8.67. The molecule has 2 heterocycles. The van der Waals surface area contributed by atoms with Crippen LogP contribution in [0.3, 0.4) is 0 Å². The minimum atomic E-state index is -0.264. The van der Waals surface area contributed by atoms with Crippen LogP contribution in [-0.2, 0) is 6.42 Å². The van der Waals surface area contributed by atoms with Crippen molar-refractivity contribution < 1.29 is 14.3 Å². The van der Waals surface area contributed by atoms with Gasteiger partial charge in [0.15, 0.2) is 5.75 Å². The number of hydrogen-bond acceptors (Lipinski definition) is 3. The molecule has 0 radical (unpaired) electrons. The molecule has 4 rings (SSSR count). The van der Waals surface area contributed by atoms with Gasteiger partial charge in [-0.15, -0.1) is 16.6 Å². The molecule has 4 nitrogen and oxygen atoms in total. The number of aryl methyl sites for hydroxylation is 1. The normalized spacial score (nSPS) is 12.6. The number of halogens is 1. The van der Waals surface area contributed by atoms with Crippen LogP contribution < -0.4 is 15.2 Å². The number of nitrogens with zero attached hydrogens (tertiary/aromatic N) is 1. The van der Waals surface area contributed by atoms with E-state index in [2.05, 4.69) is 37.9 Å². The van der Waals surface area contributed by atoms with Crippen molar-refractivity contribution in [3.8, 4) is 17.6 Å². The van der Waals surface area contributed by atoms with Crippen molar-refractivity contribution >= 4 is 16.6 Å². The fourth-order valence-corrected chi connectivity index (χ4v) is 3.63. The molecule has 176 valence electrons. The van der Waals surface area contributed by atoms with E-state index in [1.165, 1.54) is 41.7 Å². The van der Waals surface area contributed by atoms with Crippen molar-refractivity contribution in [2.75, 3.05) is 11.9 Å². The molecule has 0 spiro atoms. The Hall–Kier alpha value is -3.13. The van der Waals surface area contributed by atoms with Crippen LogP contribution in [0.1, 0.15) is 64.0 Å². The van der Waals surface area contributed by atoms with Crippen molar-refractivity contribution in [1.29, 1.82) is 0 Å². The second-order valence-corrected chi connectivity index (χ2v) is 8.61. The van der Waals surface area contributed by atoms with E-state index in [4.69, 9.17) is 9.88 Å². The van der Waals surface area contributed by atoms with Gasteiger partial charge in [0.1, 0.15) is 5.82 Å². The predicted molar refractivity (Wildman–Crippen MR) is 134 cm³/mol. The van der Waals surface area contributed by atoms with E-state index < -0.39 is 0 Å². The maximum absolute atomic E-state index is 13.3. The lowest BCUT2D eigenvalue weighted by Gasteiger charge is -2.08. The highest BCUT2D eigenvalue weighted by Crippen LogP contribution is 2.27. The van der Waals surface area contributed by atoms with Crippen LogP contribution in [0, 0.1) is 30.5 Å². The van der Waals surface area contributed by atoms with Gasteiger partial charge in [0.25, 0.3) is 0 Å². The van der Waals surface area contributed by atoms with E-state index in [0.29, 0.717) is 5.75 Å². The summed E-state index contributed by atoms with van der Waals surface area (Å²) in [5, 5.41) is 4.10. The van der Waals surface area contributed by atoms with Crippen molar-refractivity contribution in [3.05, 3.63) is 59.5 Å². The molecule has 0 amide bonds. The second-order valence-electron chi connectivity index (χ2n) is 8.61. The van der Waals surface area contributed by atoms with Gasteiger partial charge in [-0.1, -0.05) is 27.2 Å². The molecule has 0 saturated carbocycles. The standard InChI is InChI=1S/C17H15FN2O2.C11H20/c1-11-10-20(17-5-2-13(18)9-15(11)17)22-21-14-3-4-16-12(8-14)6-7-19-16;1-4-6-7-8-9-10-11(3)5-2/h2-5,8-10,19H,6-7H2,1H3;11H,4-6,9-10H2,1-3H3. The summed E-state index contributed by atoms with van der Waals surface area (Å²) in [5.74, 6) is 7.60. The van der Waals surface area contributed by atoms with Gasteiger partial charge in [-0.05, 0) is 79.6 Å². The molecule has 33 heavy (non-hydrogen) atoms. The summed E-state index contributed by atoms with van der Waals surface area (Å²) in [4.78, 5) is 10.8. The van der Waals surface area contributed by atoms with E-state index in [0.717, 1.165) is 53.9 Å². The van der Waals surface area contributed by atoms with Crippen molar-refractivity contribution in [3.63, 3.8) is 0 Å². The lowest BCUT2D eigenvalue weighted by atomic mass is 10.0. The molecule has 0 fully saturated rings. The van der Waals surface area contributed by atoms with E-state index >= 15 is 0 Å². The van der Waals surface area contributed by atoms with Gasteiger partial charge in [0.05, 0.1) is 11.7 Å². The summed E-state index contributed by atoms with van der Waals surface area (Å²) < 4.78 is 14.8. The van der Waals surface area contributed by atoms with Crippen LogP contribution in [-0.4, -0.2) is 11.3 Å². The minimum Gasteiger partial charge on any atom is -0.384 e. The van der Waals surface area contributed by atoms with Gasteiger partial charge in [0, 0.05) is 30.5 Å². The summed E-state index contributed by atoms with van der Waals surface area (Å²) in [6.45, 7) is 9.56. The third-order valence-electron chi connectivity index (χ3n) is 5.89. The molecule has 0 aliphatic carbocycles. The first-order chi connectivity index (χ1) is 16.0. The first-order valence-corrected chi connectivity index (χ1v) is 12.0. The van der Waals surface area contributed by atoms with E-state index in [1.54, 1.807) is 12.3 Å². The number of aromatic nitrogens is 1. The van der Waals surface area contributed by atoms with Gasteiger partial charge in [-0.3, -0.25) is 4.89 Å². The summed E-state index contributed by atoms with van der Waals surface area (Å²) in [6, 6.07) is 10.4. The Morgan fingerprint density at radius 1 is 1.12 bits per heavy atom. The second kappa shape index (κ2) is 12.2. The number of nitrogens with one attached hydrogen (secondary N) is 1. The highest BCUT2D eigenvalue weighted by molar-refractivity contribution is 5.83. The quantitative estimate of drug-likeness (QED) is 0.237. The number of anilines is 1. The fraction of sp³-hybridized carbons (Fsp3) is 0.429. The molecule has 0 bridgehead atoms. The molecule has 1 N–H and O–H groups in total. The maximum Gasteiger partial charge on any atom is 0.181 e. The van der Waals surface area contributed by atoms with E-state index in [9.17, 15) is 4.39 Å². The van der Waals surface area contributed by atoms with Gasteiger partial charge < -0.3 is 5.32 Å². The Kier molecular flexibility index (Phi) is 9.06. The molecule has 1 aromatic heterocycles. The highest BCUT2D eigenvalue weighted by atomic mass is 19.1. The summed E-state index contributed by atoms with van der Waals surface area (Å²) >= 11 is 0. The fourth-order valence-electron chi connectivity index (χ4n) is 3.63. The van der Waals surface area contributed by atoms with Gasteiger partial charge in [-0.2, -0.15) is 4.99 Å². The number of rotatable bonds is 7. The van der Waals surface area contributed by atoms with Crippen LogP contribution in [0.25, 0.3) is 10.9 Å². The highest BCUT2D eigenvalue weighted by Gasteiger charge is 2.12. The number of benzene rings is 2. The molecule has 1 aliphatic heterocycles. The van der Waals surface area contributed by atoms with Gasteiger partial charge >= 0.3 is 0 Å².